The van der Waals surface area contributed by atoms with Crippen LogP contribution < -0.4 is 10.6 Å². The number of amides is 1. The van der Waals surface area contributed by atoms with E-state index < -0.39 is 0 Å². The molecule has 4 nitrogen and oxygen atoms in total. The summed E-state index contributed by atoms with van der Waals surface area (Å²) in [6.07, 6.45) is 3.53. The molecular formula is C21H20ClN3OS. The van der Waals surface area contributed by atoms with Gasteiger partial charge in [-0.25, -0.2) is 0 Å². The molecule has 27 heavy (non-hydrogen) atoms. The fraction of sp³-hybridized carbons (Fsp3) is 0.143. The highest BCUT2D eigenvalue weighted by molar-refractivity contribution is 7.99. The molecule has 0 aliphatic rings. The summed E-state index contributed by atoms with van der Waals surface area (Å²) in [6, 6.07) is 19.3. The first-order valence-corrected chi connectivity index (χ1v) is 9.77. The van der Waals surface area contributed by atoms with Crippen molar-refractivity contribution in [2.75, 3.05) is 11.9 Å². The molecule has 0 saturated heterocycles. The van der Waals surface area contributed by atoms with E-state index in [2.05, 4.69) is 15.6 Å². The molecule has 0 radical (unpaired) electrons. The number of carbonyl (C=O) groups is 1. The van der Waals surface area contributed by atoms with Crippen LogP contribution in [0.1, 0.15) is 18.5 Å². The molecule has 1 aromatic heterocycles. The van der Waals surface area contributed by atoms with Crippen LogP contribution in [-0.2, 0) is 4.79 Å². The summed E-state index contributed by atoms with van der Waals surface area (Å²) in [5.41, 5.74) is 1.84. The number of halogens is 1. The van der Waals surface area contributed by atoms with Gasteiger partial charge in [-0.2, -0.15) is 0 Å². The average molecular weight is 398 g/mol. The molecule has 0 aliphatic heterocycles. The number of rotatable bonds is 7. The van der Waals surface area contributed by atoms with Gasteiger partial charge in [0, 0.05) is 33.2 Å². The molecule has 1 amide bonds. The number of nitrogens with zero attached hydrogens (tertiary/aromatic N) is 1. The van der Waals surface area contributed by atoms with Gasteiger partial charge in [-0.05, 0) is 55.0 Å². The van der Waals surface area contributed by atoms with Crippen molar-refractivity contribution in [3.63, 3.8) is 0 Å². The standard InChI is InChI=1S/C21H20ClN3OS/c1-15(16-5-4-12-23-13-16)24-14-21(26)25-19-6-2-3-7-20(19)27-18-10-8-17(22)9-11-18/h2-13,15,24H,14H2,1H3,(H,25,26). The lowest BCUT2D eigenvalue weighted by Crippen LogP contribution is -2.30. The number of pyridine rings is 1. The molecule has 0 aliphatic carbocycles. The first-order chi connectivity index (χ1) is 13.1. The topological polar surface area (TPSA) is 54.0 Å². The van der Waals surface area contributed by atoms with Gasteiger partial charge in [0.05, 0.1) is 12.2 Å². The summed E-state index contributed by atoms with van der Waals surface area (Å²) in [5, 5.41) is 6.91. The first kappa shape index (κ1) is 19.4. The quantitative estimate of drug-likeness (QED) is 0.577. The summed E-state index contributed by atoms with van der Waals surface area (Å²) in [4.78, 5) is 18.5. The zero-order valence-corrected chi connectivity index (χ0v) is 16.4. The van der Waals surface area contributed by atoms with E-state index in [1.54, 1.807) is 24.2 Å². The minimum atomic E-state index is -0.0881. The molecule has 0 bridgehead atoms. The van der Waals surface area contributed by atoms with Gasteiger partial charge in [-0.15, -0.1) is 0 Å². The van der Waals surface area contributed by atoms with Crippen LogP contribution in [0.15, 0.2) is 82.8 Å². The van der Waals surface area contributed by atoms with Crippen molar-refractivity contribution in [3.05, 3.63) is 83.6 Å². The van der Waals surface area contributed by atoms with Gasteiger partial charge in [-0.1, -0.05) is 41.6 Å². The predicted octanol–water partition coefficient (Wildman–Crippen LogP) is 5.18. The highest BCUT2D eigenvalue weighted by Crippen LogP contribution is 2.33. The lowest BCUT2D eigenvalue weighted by atomic mass is 10.1. The van der Waals surface area contributed by atoms with E-state index in [0.717, 1.165) is 21.0 Å². The number of carbonyl (C=O) groups excluding carboxylic acids is 1. The third-order valence-corrected chi connectivity index (χ3v) is 5.29. The van der Waals surface area contributed by atoms with E-state index in [4.69, 9.17) is 11.6 Å². The molecule has 138 valence electrons. The molecule has 3 rings (SSSR count). The fourth-order valence-corrected chi connectivity index (χ4v) is 3.51. The molecule has 2 aromatic carbocycles. The Kier molecular flexibility index (Phi) is 6.87. The highest BCUT2D eigenvalue weighted by Gasteiger charge is 2.10. The van der Waals surface area contributed by atoms with Crippen LogP contribution in [0.2, 0.25) is 5.02 Å². The Bertz CT molecular complexity index is 887. The number of hydrogen-bond acceptors (Lipinski definition) is 4. The average Bonchev–Trinajstić information content (AvgIpc) is 2.70. The second kappa shape index (κ2) is 9.55. The normalized spacial score (nSPS) is 11.8. The highest BCUT2D eigenvalue weighted by atomic mass is 35.5. The lowest BCUT2D eigenvalue weighted by molar-refractivity contribution is -0.115. The maximum Gasteiger partial charge on any atom is 0.238 e. The molecule has 2 N–H and O–H groups in total. The molecule has 0 spiro atoms. The predicted molar refractivity (Wildman–Crippen MR) is 111 cm³/mol. The number of hydrogen-bond donors (Lipinski definition) is 2. The van der Waals surface area contributed by atoms with Crippen LogP contribution >= 0.6 is 23.4 Å². The zero-order chi connectivity index (χ0) is 19.1. The third kappa shape index (κ3) is 5.82. The molecule has 6 heteroatoms. The van der Waals surface area contributed by atoms with Crippen molar-refractivity contribution in [1.29, 1.82) is 0 Å². The Hall–Kier alpha value is -2.34. The summed E-state index contributed by atoms with van der Waals surface area (Å²) in [6.45, 7) is 2.23. The minimum absolute atomic E-state index is 0.0446. The Balaban J connectivity index is 1.60. The van der Waals surface area contributed by atoms with Gasteiger partial charge < -0.3 is 10.6 Å². The number of benzene rings is 2. The van der Waals surface area contributed by atoms with E-state index in [1.165, 1.54) is 0 Å². The number of aromatic nitrogens is 1. The molecular weight excluding hydrogens is 378 g/mol. The van der Waals surface area contributed by atoms with Gasteiger partial charge in [0.2, 0.25) is 5.91 Å². The maximum atomic E-state index is 12.4. The second-order valence-electron chi connectivity index (χ2n) is 5.99. The summed E-state index contributed by atoms with van der Waals surface area (Å²) in [5.74, 6) is -0.0881. The van der Waals surface area contributed by atoms with Crippen molar-refractivity contribution in [3.8, 4) is 0 Å². The lowest BCUT2D eigenvalue weighted by Gasteiger charge is -2.15. The Morgan fingerprint density at radius 3 is 2.63 bits per heavy atom. The Labute approximate surface area is 168 Å². The smallest absolute Gasteiger partial charge is 0.238 e. The molecule has 3 aromatic rings. The van der Waals surface area contributed by atoms with E-state index in [1.807, 2.05) is 67.6 Å². The van der Waals surface area contributed by atoms with Crippen LogP contribution in [0, 0.1) is 0 Å². The van der Waals surface area contributed by atoms with E-state index in [0.29, 0.717) is 5.02 Å². The second-order valence-corrected chi connectivity index (χ2v) is 7.54. The van der Waals surface area contributed by atoms with Crippen LogP contribution in [0.3, 0.4) is 0 Å². The zero-order valence-electron chi connectivity index (χ0n) is 14.9. The maximum absolute atomic E-state index is 12.4. The van der Waals surface area contributed by atoms with Crippen LogP contribution in [0.25, 0.3) is 0 Å². The molecule has 1 atom stereocenters. The van der Waals surface area contributed by atoms with Crippen molar-refractivity contribution in [2.24, 2.45) is 0 Å². The van der Waals surface area contributed by atoms with Crippen molar-refractivity contribution in [2.45, 2.75) is 22.8 Å². The molecule has 0 saturated carbocycles. The Morgan fingerprint density at radius 1 is 1.11 bits per heavy atom. The van der Waals surface area contributed by atoms with Gasteiger partial charge in [0.1, 0.15) is 0 Å². The van der Waals surface area contributed by atoms with Gasteiger partial charge in [0.15, 0.2) is 0 Å². The number of nitrogens with one attached hydrogen (secondary N) is 2. The largest absolute Gasteiger partial charge is 0.324 e. The van der Waals surface area contributed by atoms with Gasteiger partial charge >= 0.3 is 0 Å². The van der Waals surface area contributed by atoms with Crippen LogP contribution in [-0.4, -0.2) is 17.4 Å². The third-order valence-electron chi connectivity index (χ3n) is 3.96. The summed E-state index contributed by atoms with van der Waals surface area (Å²) >= 11 is 7.53. The SMILES string of the molecule is CC(NCC(=O)Nc1ccccc1Sc1ccc(Cl)cc1)c1cccnc1. The molecule has 0 fully saturated rings. The van der Waals surface area contributed by atoms with E-state index in [9.17, 15) is 4.79 Å². The van der Waals surface area contributed by atoms with E-state index in [-0.39, 0.29) is 18.5 Å². The van der Waals surface area contributed by atoms with E-state index >= 15 is 0 Å². The van der Waals surface area contributed by atoms with Crippen molar-refractivity contribution < 1.29 is 4.79 Å². The van der Waals surface area contributed by atoms with Crippen LogP contribution in [0.5, 0.6) is 0 Å². The summed E-state index contributed by atoms with van der Waals surface area (Å²) in [7, 11) is 0. The fourth-order valence-electron chi connectivity index (χ4n) is 2.48. The molecule has 1 unspecified atom stereocenters. The minimum Gasteiger partial charge on any atom is -0.324 e. The van der Waals surface area contributed by atoms with Crippen LogP contribution in [0.4, 0.5) is 5.69 Å². The van der Waals surface area contributed by atoms with Gasteiger partial charge in [0.25, 0.3) is 0 Å². The summed E-state index contributed by atoms with van der Waals surface area (Å²) < 4.78 is 0. The van der Waals surface area contributed by atoms with Gasteiger partial charge in [-0.3, -0.25) is 9.78 Å². The van der Waals surface area contributed by atoms with Crippen molar-refractivity contribution >= 4 is 35.0 Å². The number of para-hydroxylation sites is 1. The first-order valence-electron chi connectivity index (χ1n) is 8.57. The Morgan fingerprint density at radius 2 is 1.89 bits per heavy atom. The van der Waals surface area contributed by atoms with Crippen molar-refractivity contribution in [1.82, 2.24) is 10.3 Å². The monoisotopic (exact) mass is 397 g/mol. The molecule has 1 heterocycles. The number of anilines is 1.